The summed E-state index contributed by atoms with van der Waals surface area (Å²) >= 11 is 0. The quantitative estimate of drug-likeness (QED) is 0.784. The molecular weight excluding hydrogens is 290 g/mol. The maximum Gasteiger partial charge on any atom is 0.251 e. The number of benzene rings is 1. The second-order valence-corrected chi connectivity index (χ2v) is 4.81. The molecule has 116 valence electrons. The lowest BCUT2D eigenvalue weighted by atomic mass is 10.1. The van der Waals surface area contributed by atoms with Gasteiger partial charge in [0.2, 0.25) is 5.91 Å². The number of halogens is 1. The van der Waals surface area contributed by atoms with Crippen molar-refractivity contribution in [3.05, 3.63) is 29.8 Å². The summed E-state index contributed by atoms with van der Waals surface area (Å²) in [4.78, 5) is 25.5. The highest BCUT2D eigenvalue weighted by Crippen LogP contribution is 2.22. The van der Waals surface area contributed by atoms with Crippen molar-refractivity contribution >= 4 is 29.9 Å². The van der Waals surface area contributed by atoms with Gasteiger partial charge in [0.1, 0.15) is 0 Å². The van der Waals surface area contributed by atoms with Gasteiger partial charge in [-0.15, -0.1) is 12.4 Å². The van der Waals surface area contributed by atoms with Gasteiger partial charge < -0.3 is 15.5 Å². The van der Waals surface area contributed by atoms with Crippen LogP contribution in [0.15, 0.2) is 24.3 Å². The van der Waals surface area contributed by atoms with E-state index in [1.54, 1.807) is 17.0 Å². The predicted octanol–water partition coefficient (Wildman–Crippen LogP) is 1.57. The van der Waals surface area contributed by atoms with Crippen molar-refractivity contribution in [3.63, 3.8) is 0 Å². The number of carbonyl (C=O) groups is 2. The van der Waals surface area contributed by atoms with Gasteiger partial charge in [-0.3, -0.25) is 9.59 Å². The van der Waals surface area contributed by atoms with Gasteiger partial charge in [0, 0.05) is 37.3 Å². The second kappa shape index (κ2) is 8.64. The molecule has 0 aromatic heterocycles. The van der Waals surface area contributed by atoms with Gasteiger partial charge in [-0.05, 0) is 31.2 Å². The number of nitrogens with zero attached hydrogens (tertiary/aromatic N) is 1. The summed E-state index contributed by atoms with van der Waals surface area (Å²) in [5.74, 6) is 0.0334. The molecule has 1 aromatic carbocycles. The van der Waals surface area contributed by atoms with Crippen LogP contribution in [0.5, 0.6) is 0 Å². The standard InChI is InChI=1S/C15H21N3O2.ClH/c1-2-16-8-9-17-15(20)12-5-3-6-13(11-12)18-10-4-7-14(18)19;/h3,5-6,11,16H,2,4,7-10H2,1H3,(H,17,20);1H. The lowest BCUT2D eigenvalue weighted by Crippen LogP contribution is -2.32. The van der Waals surface area contributed by atoms with E-state index < -0.39 is 0 Å². The Morgan fingerprint density at radius 3 is 2.81 bits per heavy atom. The van der Waals surface area contributed by atoms with E-state index in [0.717, 1.165) is 31.7 Å². The van der Waals surface area contributed by atoms with Crippen LogP contribution in [-0.2, 0) is 4.79 Å². The number of hydrogen-bond acceptors (Lipinski definition) is 3. The Morgan fingerprint density at radius 2 is 2.14 bits per heavy atom. The van der Waals surface area contributed by atoms with Crippen molar-refractivity contribution in [2.75, 3.05) is 31.1 Å². The van der Waals surface area contributed by atoms with Crippen molar-refractivity contribution in [2.45, 2.75) is 19.8 Å². The zero-order valence-electron chi connectivity index (χ0n) is 12.2. The van der Waals surface area contributed by atoms with Crippen LogP contribution in [0.3, 0.4) is 0 Å². The third-order valence-corrected chi connectivity index (χ3v) is 3.33. The van der Waals surface area contributed by atoms with Crippen molar-refractivity contribution in [2.24, 2.45) is 0 Å². The number of rotatable bonds is 6. The van der Waals surface area contributed by atoms with E-state index in [0.29, 0.717) is 18.5 Å². The molecule has 0 saturated carbocycles. The molecule has 0 bridgehead atoms. The van der Waals surface area contributed by atoms with E-state index in [1.165, 1.54) is 0 Å². The molecule has 1 heterocycles. The van der Waals surface area contributed by atoms with Crippen LogP contribution in [0, 0.1) is 0 Å². The molecule has 1 aliphatic rings. The van der Waals surface area contributed by atoms with E-state index in [1.807, 2.05) is 19.1 Å². The Hall–Kier alpha value is -1.59. The van der Waals surface area contributed by atoms with Crippen LogP contribution in [0.25, 0.3) is 0 Å². The summed E-state index contributed by atoms with van der Waals surface area (Å²) in [5, 5.41) is 6.01. The molecule has 1 aromatic rings. The topological polar surface area (TPSA) is 61.4 Å². The highest BCUT2D eigenvalue weighted by atomic mass is 35.5. The molecule has 2 N–H and O–H groups in total. The fourth-order valence-corrected chi connectivity index (χ4v) is 2.28. The zero-order chi connectivity index (χ0) is 14.4. The van der Waals surface area contributed by atoms with E-state index in [9.17, 15) is 9.59 Å². The first kappa shape index (κ1) is 17.5. The van der Waals surface area contributed by atoms with E-state index in [-0.39, 0.29) is 24.2 Å². The van der Waals surface area contributed by atoms with Crippen LogP contribution >= 0.6 is 12.4 Å². The molecule has 21 heavy (non-hydrogen) atoms. The Labute approximate surface area is 131 Å². The molecule has 1 saturated heterocycles. The van der Waals surface area contributed by atoms with Crippen LogP contribution in [0.1, 0.15) is 30.1 Å². The molecular formula is C15H22ClN3O2. The van der Waals surface area contributed by atoms with Gasteiger partial charge in [-0.25, -0.2) is 0 Å². The maximum absolute atomic E-state index is 12.0. The number of amides is 2. The Bertz CT molecular complexity index is 494. The summed E-state index contributed by atoms with van der Waals surface area (Å²) in [6.07, 6.45) is 1.48. The number of anilines is 1. The van der Waals surface area contributed by atoms with Gasteiger partial charge in [-0.2, -0.15) is 0 Å². The van der Waals surface area contributed by atoms with Crippen molar-refractivity contribution in [1.82, 2.24) is 10.6 Å². The van der Waals surface area contributed by atoms with Gasteiger partial charge in [-0.1, -0.05) is 13.0 Å². The largest absolute Gasteiger partial charge is 0.351 e. The average molecular weight is 312 g/mol. The zero-order valence-corrected chi connectivity index (χ0v) is 13.0. The van der Waals surface area contributed by atoms with Crippen LogP contribution in [0.4, 0.5) is 5.69 Å². The maximum atomic E-state index is 12.0. The number of carbonyl (C=O) groups excluding carboxylic acids is 2. The molecule has 1 aliphatic heterocycles. The van der Waals surface area contributed by atoms with Crippen molar-refractivity contribution in [1.29, 1.82) is 0 Å². The van der Waals surface area contributed by atoms with Crippen LogP contribution in [-0.4, -0.2) is 38.0 Å². The highest BCUT2D eigenvalue weighted by Gasteiger charge is 2.22. The molecule has 0 unspecified atom stereocenters. The van der Waals surface area contributed by atoms with Crippen LogP contribution in [0.2, 0.25) is 0 Å². The first-order valence-corrected chi connectivity index (χ1v) is 7.11. The minimum absolute atomic E-state index is 0. The van der Waals surface area contributed by atoms with Gasteiger partial charge in [0.25, 0.3) is 5.91 Å². The smallest absolute Gasteiger partial charge is 0.251 e. The fourth-order valence-electron chi connectivity index (χ4n) is 2.28. The summed E-state index contributed by atoms with van der Waals surface area (Å²) in [7, 11) is 0. The molecule has 1 fully saturated rings. The van der Waals surface area contributed by atoms with Gasteiger partial charge in [0.05, 0.1) is 0 Å². The van der Waals surface area contributed by atoms with Gasteiger partial charge in [0.15, 0.2) is 0 Å². The van der Waals surface area contributed by atoms with Gasteiger partial charge >= 0.3 is 0 Å². The first-order valence-electron chi connectivity index (χ1n) is 7.11. The van der Waals surface area contributed by atoms with E-state index in [4.69, 9.17) is 0 Å². The predicted molar refractivity (Wildman–Crippen MR) is 86.2 cm³/mol. The van der Waals surface area contributed by atoms with E-state index in [2.05, 4.69) is 10.6 Å². The number of hydrogen-bond donors (Lipinski definition) is 2. The number of likely N-dealkylation sites (N-methyl/N-ethyl adjacent to an activating group) is 1. The summed E-state index contributed by atoms with van der Waals surface area (Å²) in [6, 6.07) is 7.25. The Balaban J connectivity index is 0.00000220. The Kier molecular flexibility index (Phi) is 7.19. The van der Waals surface area contributed by atoms with Crippen molar-refractivity contribution < 1.29 is 9.59 Å². The molecule has 0 radical (unpaired) electrons. The monoisotopic (exact) mass is 311 g/mol. The molecule has 0 aliphatic carbocycles. The Morgan fingerprint density at radius 1 is 1.33 bits per heavy atom. The molecule has 2 rings (SSSR count). The minimum Gasteiger partial charge on any atom is -0.351 e. The molecule has 2 amide bonds. The normalized spacial score (nSPS) is 14.0. The third-order valence-electron chi connectivity index (χ3n) is 3.33. The summed E-state index contributed by atoms with van der Waals surface area (Å²) in [6.45, 7) is 5.01. The first-order chi connectivity index (χ1) is 9.72. The highest BCUT2D eigenvalue weighted by molar-refractivity contribution is 5.99. The fraction of sp³-hybridized carbons (Fsp3) is 0.467. The lowest BCUT2D eigenvalue weighted by molar-refractivity contribution is -0.117. The minimum atomic E-state index is -0.101. The van der Waals surface area contributed by atoms with Crippen molar-refractivity contribution in [3.8, 4) is 0 Å². The SMILES string of the molecule is CCNCCNC(=O)c1cccc(N2CCCC2=O)c1.Cl. The molecule has 0 spiro atoms. The van der Waals surface area contributed by atoms with E-state index >= 15 is 0 Å². The second-order valence-electron chi connectivity index (χ2n) is 4.81. The summed E-state index contributed by atoms with van der Waals surface area (Å²) in [5.41, 5.74) is 1.41. The molecule has 5 nitrogen and oxygen atoms in total. The molecule has 0 atom stereocenters. The average Bonchev–Trinajstić information content (AvgIpc) is 2.90. The third kappa shape index (κ3) is 4.72. The number of nitrogens with one attached hydrogen (secondary N) is 2. The molecule has 6 heteroatoms. The summed E-state index contributed by atoms with van der Waals surface area (Å²) < 4.78 is 0. The lowest BCUT2D eigenvalue weighted by Gasteiger charge is -2.16. The van der Waals surface area contributed by atoms with Crippen LogP contribution < -0.4 is 15.5 Å².